The number of methoxy groups -OCH3 is 1. The molecule has 1 aromatic carbocycles. The highest BCUT2D eigenvalue weighted by molar-refractivity contribution is 5.83. The average Bonchev–Trinajstić information content (AvgIpc) is 3.23. The van der Waals surface area contributed by atoms with Crippen LogP contribution < -0.4 is 15.0 Å². The molecule has 2 N–H and O–H groups in total. The highest BCUT2D eigenvalue weighted by Crippen LogP contribution is 2.25. The summed E-state index contributed by atoms with van der Waals surface area (Å²) in [5, 5.41) is 3.08. The number of anilines is 1. The first-order valence-corrected chi connectivity index (χ1v) is 9.54. The van der Waals surface area contributed by atoms with Crippen LogP contribution in [0.2, 0.25) is 0 Å². The summed E-state index contributed by atoms with van der Waals surface area (Å²) in [5.74, 6) is 1.89. The van der Waals surface area contributed by atoms with Crippen molar-refractivity contribution in [2.24, 2.45) is 5.92 Å². The lowest BCUT2D eigenvalue weighted by Gasteiger charge is -2.32. The molecule has 1 aliphatic rings. The van der Waals surface area contributed by atoms with Gasteiger partial charge in [0.25, 0.3) is 0 Å². The zero-order valence-electron chi connectivity index (χ0n) is 15.9. The summed E-state index contributed by atoms with van der Waals surface area (Å²) in [7, 11) is 1.66. The molecule has 146 valence electrons. The van der Waals surface area contributed by atoms with E-state index in [0.29, 0.717) is 12.2 Å². The number of benzene rings is 1. The molecule has 8 heteroatoms. The number of carbonyl (C=O) groups is 1. The Hall–Kier alpha value is -3.16. The second-order valence-corrected chi connectivity index (χ2v) is 6.95. The Bertz CT molecular complexity index is 931. The van der Waals surface area contributed by atoms with Gasteiger partial charge in [0.1, 0.15) is 17.6 Å². The summed E-state index contributed by atoms with van der Waals surface area (Å²) < 4.78 is 5.16. The summed E-state index contributed by atoms with van der Waals surface area (Å²) >= 11 is 0. The van der Waals surface area contributed by atoms with Gasteiger partial charge in [0.15, 0.2) is 11.5 Å². The number of fused-ring (bicyclic) bond motifs is 1. The molecule has 28 heavy (non-hydrogen) atoms. The molecule has 2 aromatic heterocycles. The number of amides is 1. The fraction of sp³-hybridized carbons (Fsp3) is 0.400. The summed E-state index contributed by atoms with van der Waals surface area (Å²) in [4.78, 5) is 30.6. The number of aromatic amines is 1. The smallest absolute Gasteiger partial charge is 0.223 e. The fourth-order valence-electron chi connectivity index (χ4n) is 3.61. The van der Waals surface area contributed by atoms with Gasteiger partial charge < -0.3 is 19.9 Å². The third-order valence-corrected chi connectivity index (χ3v) is 5.24. The highest BCUT2D eigenvalue weighted by Gasteiger charge is 2.26. The fourth-order valence-corrected chi connectivity index (χ4v) is 3.61. The first-order chi connectivity index (χ1) is 13.7. The minimum Gasteiger partial charge on any atom is -0.497 e. The van der Waals surface area contributed by atoms with Crippen LogP contribution >= 0.6 is 0 Å². The number of imidazole rings is 1. The van der Waals surface area contributed by atoms with Crippen LogP contribution in [0.4, 0.5) is 5.82 Å². The molecule has 3 heterocycles. The Kier molecular flexibility index (Phi) is 5.36. The van der Waals surface area contributed by atoms with Gasteiger partial charge >= 0.3 is 0 Å². The molecule has 3 aromatic rings. The Labute approximate surface area is 163 Å². The van der Waals surface area contributed by atoms with Crippen molar-refractivity contribution >= 4 is 22.9 Å². The maximum Gasteiger partial charge on any atom is 0.223 e. The molecule has 0 saturated carbocycles. The molecule has 1 aliphatic heterocycles. The highest BCUT2D eigenvalue weighted by atomic mass is 16.5. The zero-order chi connectivity index (χ0) is 19.3. The van der Waals surface area contributed by atoms with Crippen molar-refractivity contribution in [2.75, 3.05) is 31.6 Å². The number of piperidine rings is 1. The van der Waals surface area contributed by atoms with Gasteiger partial charge in [0.05, 0.1) is 13.4 Å². The Morgan fingerprint density at radius 3 is 2.75 bits per heavy atom. The maximum atomic E-state index is 12.5. The number of nitrogens with one attached hydrogen (secondary N) is 2. The van der Waals surface area contributed by atoms with E-state index in [1.807, 2.05) is 24.3 Å². The standard InChI is InChI=1S/C20H24N6O2/c1-28-16-4-2-14(3-5-16)6-9-21-20(27)15-7-10-26(11-8-15)19-17-18(23-12-22-17)24-13-25-19/h2-5,12-13,15H,6-11H2,1H3,(H,21,27)(H,22,23,24,25). The maximum absolute atomic E-state index is 12.5. The number of hydrogen-bond acceptors (Lipinski definition) is 6. The second kappa shape index (κ2) is 8.24. The Balaban J connectivity index is 1.26. The van der Waals surface area contributed by atoms with E-state index < -0.39 is 0 Å². The van der Waals surface area contributed by atoms with E-state index in [9.17, 15) is 4.79 Å². The molecule has 1 amide bonds. The number of ether oxygens (including phenoxy) is 1. The van der Waals surface area contributed by atoms with Gasteiger partial charge in [0, 0.05) is 25.6 Å². The minimum atomic E-state index is 0.0474. The summed E-state index contributed by atoms with van der Waals surface area (Å²) in [6.07, 6.45) is 5.61. The van der Waals surface area contributed by atoms with E-state index >= 15 is 0 Å². The van der Waals surface area contributed by atoms with E-state index in [0.717, 1.165) is 49.4 Å². The van der Waals surface area contributed by atoms with Gasteiger partial charge in [0.2, 0.25) is 5.91 Å². The number of aromatic nitrogens is 4. The first-order valence-electron chi connectivity index (χ1n) is 9.54. The van der Waals surface area contributed by atoms with Crippen molar-refractivity contribution in [3.05, 3.63) is 42.5 Å². The van der Waals surface area contributed by atoms with Crippen LogP contribution in [0.5, 0.6) is 5.75 Å². The molecule has 4 rings (SSSR count). The van der Waals surface area contributed by atoms with Crippen LogP contribution in [0, 0.1) is 5.92 Å². The second-order valence-electron chi connectivity index (χ2n) is 6.95. The van der Waals surface area contributed by atoms with Crippen molar-refractivity contribution in [1.82, 2.24) is 25.3 Å². The number of nitrogens with zero attached hydrogens (tertiary/aromatic N) is 4. The number of rotatable bonds is 6. The predicted octanol–water partition coefficient (Wildman–Crippen LogP) is 1.94. The van der Waals surface area contributed by atoms with Crippen LogP contribution in [-0.2, 0) is 11.2 Å². The molecule has 0 atom stereocenters. The topological polar surface area (TPSA) is 96.0 Å². The van der Waals surface area contributed by atoms with E-state index in [1.54, 1.807) is 13.4 Å². The first kappa shape index (κ1) is 18.2. The van der Waals surface area contributed by atoms with Gasteiger partial charge in [-0.25, -0.2) is 15.0 Å². The SMILES string of the molecule is COc1ccc(CCNC(=O)C2CCN(c3ncnc4nc[nH]c34)CC2)cc1. The Morgan fingerprint density at radius 1 is 1.21 bits per heavy atom. The van der Waals surface area contributed by atoms with Crippen molar-refractivity contribution in [1.29, 1.82) is 0 Å². The number of carbonyl (C=O) groups excluding carboxylic acids is 1. The molecule has 8 nitrogen and oxygen atoms in total. The predicted molar refractivity (Wildman–Crippen MR) is 106 cm³/mol. The quantitative estimate of drug-likeness (QED) is 0.678. The third-order valence-electron chi connectivity index (χ3n) is 5.24. The molecule has 0 bridgehead atoms. The molecule has 0 unspecified atom stereocenters. The molecule has 0 radical (unpaired) electrons. The van der Waals surface area contributed by atoms with Crippen LogP contribution in [0.1, 0.15) is 18.4 Å². The molecular weight excluding hydrogens is 356 g/mol. The summed E-state index contributed by atoms with van der Waals surface area (Å²) in [6.45, 7) is 2.23. The molecular formula is C20H24N6O2. The van der Waals surface area contributed by atoms with Gasteiger partial charge in [-0.05, 0) is 37.0 Å². The minimum absolute atomic E-state index is 0.0474. The number of hydrogen-bond donors (Lipinski definition) is 2. The van der Waals surface area contributed by atoms with E-state index in [1.165, 1.54) is 11.9 Å². The lowest BCUT2D eigenvalue weighted by molar-refractivity contribution is -0.125. The van der Waals surface area contributed by atoms with E-state index in [2.05, 4.69) is 30.2 Å². The zero-order valence-corrected chi connectivity index (χ0v) is 15.9. The van der Waals surface area contributed by atoms with Gasteiger partial charge in [-0.2, -0.15) is 0 Å². The van der Waals surface area contributed by atoms with Gasteiger partial charge in [-0.1, -0.05) is 12.1 Å². The monoisotopic (exact) mass is 380 g/mol. The van der Waals surface area contributed by atoms with Crippen LogP contribution in [0.3, 0.4) is 0 Å². The van der Waals surface area contributed by atoms with Gasteiger partial charge in [-0.3, -0.25) is 4.79 Å². The van der Waals surface area contributed by atoms with Crippen molar-refractivity contribution in [3.63, 3.8) is 0 Å². The number of H-pyrrole nitrogens is 1. The van der Waals surface area contributed by atoms with Crippen LogP contribution in [-0.4, -0.2) is 52.6 Å². The van der Waals surface area contributed by atoms with Crippen molar-refractivity contribution in [3.8, 4) is 5.75 Å². The summed E-state index contributed by atoms with van der Waals surface area (Å²) in [5.41, 5.74) is 2.71. The molecule has 1 saturated heterocycles. The van der Waals surface area contributed by atoms with Crippen LogP contribution in [0.15, 0.2) is 36.9 Å². The van der Waals surface area contributed by atoms with Crippen LogP contribution in [0.25, 0.3) is 11.2 Å². The van der Waals surface area contributed by atoms with Crippen molar-refractivity contribution in [2.45, 2.75) is 19.3 Å². The lowest BCUT2D eigenvalue weighted by atomic mass is 9.95. The Morgan fingerprint density at radius 2 is 2.00 bits per heavy atom. The largest absolute Gasteiger partial charge is 0.497 e. The lowest BCUT2D eigenvalue weighted by Crippen LogP contribution is -2.41. The molecule has 1 fully saturated rings. The molecule has 0 aliphatic carbocycles. The van der Waals surface area contributed by atoms with Crippen molar-refractivity contribution < 1.29 is 9.53 Å². The third kappa shape index (κ3) is 3.90. The normalized spacial score (nSPS) is 15.0. The summed E-state index contributed by atoms with van der Waals surface area (Å²) in [6, 6.07) is 7.94. The van der Waals surface area contributed by atoms with Gasteiger partial charge in [-0.15, -0.1) is 0 Å². The van der Waals surface area contributed by atoms with E-state index in [4.69, 9.17) is 4.74 Å². The molecule has 0 spiro atoms. The van der Waals surface area contributed by atoms with E-state index in [-0.39, 0.29) is 11.8 Å². The average molecular weight is 380 g/mol.